The first-order valence-electron chi connectivity index (χ1n) is 4.83. The summed E-state index contributed by atoms with van der Waals surface area (Å²) in [6.07, 6.45) is -6.88. The van der Waals surface area contributed by atoms with Crippen molar-refractivity contribution >= 4 is 11.3 Å². The van der Waals surface area contributed by atoms with Crippen LogP contribution >= 0.6 is 11.3 Å². The number of hydrogen-bond acceptors (Lipinski definition) is 3. The highest BCUT2D eigenvalue weighted by Crippen LogP contribution is 2.31. The van der Waals surface area contributed by atoms with Crippen LogP contribution in [0.1, 0.15) is 24.8 Å². The fraction of sp³-hybridized carbons (Fsp3) is 0.600. The molecule has 0 bridgehead atoms. The Bertz CT molecular complexity index is 310. The first-order valence-corrected chi connectivity index (χ1v) is 5.71. The largest absolute Gasteiger partial charge is 0.414 e. The lowest BCUT2D eigenvalue weighted by atomic mass is 10.1. The summed E-state index contributed by atoms with van der Waals surface area (Å²) in [6.45, 7) is 2.62. The van der Waals surface area contributed by atoms with Gasteiger partial charge in [-0.05, 0) is 25.3 Å². The van der Waals surface area contributed by atoms with Crippen molar-refractivity contribution in [3.63, 3.8) is 0 Å². The van der Waals surface area contributed by atoms with Crippen LogP contribution in [0.25, 0.3) is 0 Å². The molecule has 92 valence electrons. The Labute approximate surface area is 96.2 Å². The number of halogens is 3. The molecule has 3 atom stereocenters. The van der Waals surface area contributed by atoms with Crippen molar-refractivity contribution in [2.45, 2.75) is 38.3 Å². The third-order valence-corrected chi connectivity index (χ3v) is 3.05. The van der Waals surface area contributed by atoms with Crippen LogP contribution in [0.5, 0.6) is 0 Å². The molecular weight excluding hydrogens is 239 g/mol. The van der Waals surface area contributed by atoms with Crippen LogP contribution < -0.4 is 5.73 Å². The summed E-state index contributed by atoms with van der Waals surface area (Å²) in [4.78, 5) is 0.714. The van der Waals surface area contributed by atoms with E-state index in [1.807, 2.05) is 0 Å². The molecule has 3 unspecified atom stereocenters. The van der Waals surface area contributed by atoms with E-state index in [4.69, 9.17) is 10.5 Å². The average Bonchev–Trinajstić information content (AvgIpc) is 2.63. The lowest BCUT2D eigenvalue weighted by molar-refractivity contribution is -0.229. The van der Waals surface area contributed by atoms with Gasteiger partial charge in [0.2, 0.25) is 0 Å². The maximum Gasteiger partial charge on any atom is 0.414 e. The second kappa shape index (κ2) is 5.16. The standard InChI is InChI=1S/C10H14F3NOS/c1-6(14)9(8-4-3-5-16-8)15-7(2)10(11,12)13/h3-7,9H,14H2,1-2H3. The number of ether oxygens (including phenoxy) is 1. The van der Waals surface area contributed by atoms with Gasteiger partial charge in [-0.2, -0.15) is 13.2 Å². The second-order valence-corrected chi connectivity index (χ2v) is 4.59. The molecule has 1 aromatic rings. The molecular formula is C10H14F3NOS. The smallest absolute Gasteiger partial charge is 0.359 e. The van der Waals surface area contributed by atoms with Crippen LogP contribution in [0.3, 0.4) is 0 Å². The maximum absolute atomic E-state index is 12.4. The Morgan fingerprint density at radius 2 is 2.00 bits per heavy atom. The summed E-state index contributed by atoms with van der Waals surface area (Å²) in [5, 5.41) is 1.78. The van der Waals surface area contributed by atoms with Gasteiger partial charge < -0.3 is 10.5 Å². The van der Waals surface area contributed by atoms with Crippen LogP contribution in [0.2, 0.25) is 0 Å². The topological polar surface area (TPSA) is 35.2 Å². The minimum atomic E-state index is -4.36. The normalized spacial score (nSPS) is 18.1. The molecule has 0 radical (unpaired) electrons. The molecule has 0 saturated heterocycles. The first-order chi connectivity index (χ1) is 7.32. The zero-order chi connectivity index (χ0) is 12.3. The molecule has 0 spiro atoms. The van der Waals surface area contributed by atoms with Crippen molar-refractivity contribution in [1.82, 2.24) is 0 Å². The van der Waals surface area contributed by atoms with Crippen LogP contribution in [0, 0.1) is 0 Å². The van der Waals surface area contributed by atoms with Gasteiger partial charge in [0.15, 0.2) is 6.10 Å². The van der Waals surface area contributed by atoms with E-state index in [1.54, 1.807) is 24.4 Å². The van der Waals surface area contributed by atoms with Gasteiger partial charge in [0.1, 0.15) is 6.10 Å². The first kappa shape index (κ1) is 13.5. The highest BCUT2D eigenvalue weighted by atomic mass is 32.1. The molecule has 2 nitrogen and oxygen atoms in total. The number of rotatable bonds is 4. The van der Waals surface area contributed by atoms with Crippen molar-refractivity contribution in [1.29, 1.82) is 0 Å². The van der Waals surface area contributed by atoms with Gasteiger partial charge in [0.05, 0.1) is 0 Å². The summed E-state index contributed by atoms with van der Waals surface area (Å²) >= 11 is 1.34. The molecule has 0 amide bonds. The number of thiophene rings is 1. The van der Waals surface area contributed by atoms with E-state index in [1.165, 1.54) is 11.3 Å². The highest BCUT2D eigenvalue weighted by molar-refractivity contribution is 7.10. The van der Waals surface area contributed by atoms with Crippen molar-refractivity contribution in [2.24, 2.45) is 5.73 Å². The van der Waals surface area contributed by atoms with Crippen LogP contribution in [-0.4, -0.2) is 18.3 Å². The summed E-state index contributed by atoms with van der Waals surface area (Å²) in [7, 11) is 0. The van der Waals surface area contributed by atoms with E-state index in [0.717, 1.165) is 6.92 Å². The zero-order valence-electron chi connectivity index (χ0n) is 8.99. The van der Waals surface area contributed by atoms with Crippen molar-refractivity contribution in [3.05, 3.63) is 22.4 Å². The molecule has 0 aromatic carbocycles. The molecule has 0 fully saturated rings. The predicted molar refractivity (Wildman–Crippen MR) is 57.3 cm³/mol. The molecule has 16 heavy (non-hydrogen) atoms. The number of hydrogen-bond donors (Lipinski definition) is 1. The van der Waals surface area contributed by atoms with Crippen molar-refractivity contribution in [2.75, 3.05) is 0 Å². The van der Waals surface area contributed by atoms with Crippen LogP contribution in [0.15, 0.2) is 17.5 Å². The van der Waals surface area contributed by atoms with E-state index < -0.39 is 24.4 Å². The zero-order valence-corrected chi connectivity index (χ0v) is 9.81. The molecule has 0 aliphatic rings. The molecule has 0 aliphatic carbocycles. The van der Waals surface area contributed by atoms with Crippen molar-refractivity contribution in [3.8, 4) is 0 Å². The third kappa shape index (κ3) is 3.47. The van der Waals surface area contributed by atoms with E-state index in [-0.39, 0.29) is 0 Å². The second-order valence-electron chi connectivity index (χ2n) is 3.62. The monoisotopic (exact) mass is 253 g/mol. The molecule has 1 rings (SSSR count). The Balaban J connectivity index is 2.74. The highest BCUT2D eigenvalue weighted by Gasteiger charge is 2.39. The van der Waals surface area contributed by atoms with Gasteiger partial charge in [-0.15, -0.1) is 11.3 Å². The molecule has 1 aromatic heterocycles. The molecule has 0 aliphatic heterocycles. The maximum atomic E-state index is 12.4. The van der Waals surface area contributed by atoms with Gasteiger partial charge in [0, 0.05) is 10.9 Å². The number of alkyl halides is 3. The fourth-order valence-electron chi connectivity index (χ4n) is 1.20. The van der Waals surface area contributed by atoms with Gasteiger partial charge in [-0.1, -0.05) is 6.07 Å². The minimum absolute atomic E-state index is 0.483. The van der Waals surface area contributed by atoms with E-state index in [2.05, 4.69) is 0 Å². The van der Waals surface area contributed by atoms with Crippen molar-refractivity contribution < 1.29 is 17.9 Å². The molecule has 6 heteroatoms. The average molecular weight is 253 g/mol. The molecule has 1 heterocycles. The van der Waals surface area contributed by atoms with E-state index in [0.29, 0.717) is 4.88 Å². The van der Waals surface area contributed by atoms with Gasteiger partial charge in [0.25, 0.3) is 0 Å². The summed E-state index contributed by atoms with van der Waals surface area (Å²) in [5.41, 5.74) is 5.63. The Morgan fingerprint density at radius 1 is 1.38 bits per heavy atom. The van der Waals surface area contributed by atoms with Gasteiger partial charge in [-0.25, -0.2) is 0 Å². The lowest BCUT2D eigenvalue weighted by Crippen LogP contribution is -2.35. The third-order valence-electron chi connectivity index (χ3n) is 2.11. The summed E-state index contributed by atoms with van der Waals surface area (Å²) < 4.78 is 42.0. The van der Waals surface area contributed by atoms with Crippen LogP contribution in [-0.2, 0) is 4.74 Å². The number of nitrogens with two attached hydrogens (primary N) is 1. The lowest BCUT2D eigenvalue weighted by Gasteiger charge is -2.25. The van der Waals surface area contributed by atoms with Gasteiger partial charge >= 0.3 is 6.18 Å². The predicted octanol–water partition coefficient (Wildman–Crippen LogP) is 3.10. The Hall–Kier alpha value is -0.590. The van der Waals surface area contributed by atoms with Gasteiger partial charge in [-0.3, -0.25) is 0 Å². The molecule has 0 saturated carbocycles. The fourth-order valence-corrected chi connectivity index (χ4v) is 2.08. The SMILES string of the molecule is CC(N)C(OC(C)C(F)(F)F)c1cccs1. The Morgan fingerprint density at radius 3 is 2.38 bits per heavy atom. The van der Waals surface area contributed by atoms with E-state index >= 15 is 0 Å². The Kier molecular flexibility index (Phi) is 4.35. The molecule has 2 N–H and O–H groups in total. The van der Waals surface area contributed by atoms with Crippen LogP contribution in [0.4, 0.5) is 13.2 Å². The quantitative estimate of drug-likeness (QED) is 0.894. The minimum Gasteiger partial charge on any atom is -0.359 e. The summed E-state index contributed by atoms with van der Waals surface area (Å²) in [5.74, 6) is 0. The summed E-state index contributed by atoms with van der Waals surface area (Å²) in [6, 6.07) is 3.00. The van der Waals surface area contributed by atoms with E-state index in [9.17, 15) is 13.2 Å².